The van der Waals surface area contributed by atoms with Crippen molar-refractivity contribution in [3.63, 3.8) is 0 Å². The van der Waals surface area contributed by atoms with Crippen LogP contribution in [-0.2, 0) is 0 Å². The number of ether oxygens (including phenoxy) is 1. The van der Waals surface area contributed by atoms with Crippen LogP contribution in [0, 0.1) is 0 Å². The third-order valence-corrected chi connectivity index (χ3v) is 1.82. The van der Waals surface area contributed by atoms with Crippen molar-refractivity contribution in [3.8, 4) is 17.2 Å². The molecule has 70 valence electrons. The molecule has 0 bridgehead atoms. The van der Waals surface area contributed by atoms with Crippen LogP contribution in [0.2, 0.25) is 0 Å². The summed E-state index contributed by atoms with van der Waals surface area (Å²) in [5, 5.41) is 11.3. The minimum atomic E-state index is -0.101. The molecule has 0 aliphatic heterocycles. The number of hydrogen-bond acceptors (Lipinski definition) is 2. The van der Waals surface area contributed by atoms with Crippen LogP contribution in [-0.4, -0.2) is 0 Å². The molecule has 15 heavy (non-hydrogen) atoms. The molecule has 0 spiro atoms. The molecule has 0 saturated carbocycles. The second-order valence-electron chi connectivity index (χ2n) is 2.86. The SMILES string of the molecule is [Na+].[O-]c1ccccc1Oc1ccccc1. The molecule has 2 aromatic rings. The van der Waals surface area contributed by atoms with Gasteiger partial charge in [0.1, 0.15) is 11.5 Å². The van der Waals surface area contributed by atoms with Gasteiger partial charge in [-0.15, -0.1) is 0 Å². The van der Waals surface area contributed by atoms with Crippen LogP contribution in [0.1, 0.15) is 0 Å². The molecule has 2 rings (SSSR count). The molecule has 2 aromatic carbocycles. The van der Waals surface area contributed by atoms with E-state index in [2.05, 4.69) is 0 Å². The van der Waals surface area contributed by atoms with Crippen LogP contribution >= 0.6 is 0 Å². The summed E-state index contributed by atoms with van der Waals surface area (Å²) in [6.45, 7) is 0. The topological polar surface area (TPSA) is 32.3 Å². The molecule has 0 aromatic heterocycles. The fourth-order valence-corrected chi connectivity index (χ4v) is 1.15. The molecule has 0 amide bonds. The van der Waals surface area contributed by atoms with E-state index in [1.165, 1.54) is 6.07 Å². The number of rotatable bonds is 2. The summed E-state index contributed by atoms with van der Waals surface area (Å²) in [5.41, 5.74) is 0. The zero-order valence-corrected chi connectivity index (χ0v) is 10.5. The van der Waals surface area contributed by atoms with Gasteiger partial charge < -0.3 is 9.84 Å². The minimum Gasteiger partial charge on any atom is -0.870 e. The van der Waals surface area contributed by atoms with E-state index in [-0.39, 0.29) is 35.3 Å². The van der Waals surface area contributed by atoms with Crippen molar-refractivity contribution in [2.75, 3.05) is 0 Å². The quantitative estimate of drug-likeness (QED) is 0.626. The van der Waals surface area contributed by atoms with E-state index < -0.39 is 0 Å². The van der Waals surface area contributed by atoms with Crippen molar-refractivity contribution in [2.45, 2.75) is 0 Å². The Morgan fingerprint density at radius 3 is 2.07 bits per heavy atom. The van der Waals surface area contributed by atoms with Crippen LogP contribution < -0.4 is 39.4 Å². The van der Waals surface area contributed by atoms with Crippen molar-refractivity contribution in [1.82, 2.24) is 0 Å². The first-order valence-corrected chi connectivity index (χ1v) is 4.35. The maximum atomic E-state index is 11.3. The van der Waals surface area contributed by atoms with Gasteiger partial charge in [-0.05, 0) is 18.2 Å². The van der Waals surface area contributed by atoms with E-state index in [4.69, 9.17) is 4.74 Å². The molecule has 2 nitrogen and oxygen atoms in total. The average Bonchev–Trinajstić information content (AvgIpc) is 2.23. The Morgan fingerprint density at radius 1 is 0.800 bits per heavy atom. The molecular weight excluding hydrogens is 199 g/mol. The predicted molar refractivity (Wildman–Crippen MR) is 52.4 cm³/mol. The van der Waals surface area contributed by atoms with E-state index in [1.54, 1.807) is 18.2 Å². The fourth-order valence-electron chi connectivity index (χ4n) is 1.15. The van der Waals surface area contributed by atoms with Crippen molar-refractivity contribution in [3.05, 3.63) is 54.6 Å². The van der Waals surface area contributed by atoms with Gasteiger partial charge in [0, 0.05) is 0 Å². The average molecular weight is 208 g/mol. The van der Waals surface area contributed by atoms with Gasteiger partial charge in [-0.1, -0.05) is 42.1 Å². The van der Waals surface area contributed by atoms with E-state index in [0.717, 1.165) is 0 Å². The van der Waals surface area contributed by atoms with Crippen LogP contribution in [0.4, 0.5) is 0 Å². The zero-order chi connectivity index (χ0) is 9.80. The summed E-state index contributed by atoms with van der Waals surface area (Å²) in [7, 11) is 0. The molecule has 0 aliphatic rings. The Hall–Kier alpha value is -0.960. The molecule has 0 fully saturated rings. The van der Waals surface area contributed by atoms with E-state index in [1.807, 2.05) is 30.3 Å². The summed E-state index contributed by atoms with van der Waals surface area (Å²) < 4.78 is 5.40. The minimum absolute atomic E-state index is 0. The second kappa shape index (κ2) is 5.81. The Morgan fingerprint density at radius 2 is 1.40 bits per heavy atom. The first-order valence-electron chi connectivity index (χ1n) is 4.35. The van der Waals surface area contributed by atoms with Gasteiger partial charge >= 0.3 is 29.6 Å². The molecule has 3 heteroatoms. The van der Waals surface area contributed by atoms with E-state index in [0.29, 0.717) is 11.5 Å². The maximum absolute atomic E-state index is 11.3. The van der Waals surface area contributed by atoms with Crippen LogP contribution in [0.15, 0.2) is 54.6 Å². The molecule has 0 aliphatic carbocycles. The third kappa shape index (κ3) is 3.27. The Bertz CT molecular complexity index is 415. The fraction of sp³-hybridized carbons (Fsp3) is 0. The molecular formula is C12H9NaO2. The normalized spacial score (nSPS) is 9.07. The number of para-hydroxylation sites is 3. The Labute approximate surface area is 111 Å². The van der Waals surface area contributed by atoms with Crippen LogP contribution in [0.3, 0.4) is 0 Å². The number of hydrogen-bond donors (Lipinski definition) is 0. The van der Waals surface area contributed by atoms with Gasteiger partial charge in [-0.3, -0.25) is 0 Å². The summed E-state index contributed by atoms with van der Waals surface area (Å²) in [4.78, 5) is 0. The molecule has 0 saturated heterocycles. The molecule has 0 unspecified atom stereocenters. The predicted octanol–water partition coefficient (Wildman–Crippen LogP) is -0.444. The van der Waals surface area contributed by atoms with Crippen molar-refractivity contribution in [2.24, 2.45) is 0 Å². The smallest absolute Gasteiger partial charge is 0.870 e. The molecule has 0 radical (unpaired) electrons. The monoisotopic (exact) mass is 208 g/mol. The number of benzene rings is 2. The largest absolute Gasteiger partial charge is 1.00 e. The summed E-state index contributed by atoms with van der Waals surface area (Å²) in [6.07, 6.45) is 0. The maximum Gasteiger partial charge on any atom is 1.00 e. The molecule has 0 heterocycles. The van der Waals surface area contributed by atoms with Gasteiger partial charge in [0.2, 0.25) is 0 Å². The summed E-state index contributed by atoms with van der Waals surface area (Å²) >= 11 is 0. The third-order valence-electron chi connectivity index (χ3n) is 1.82. The Balaban J connectivity index is 0.00000112. The summed E-state index contributed by atoms with van der Waals surface area (Å²) in [5.74, 6) is 0.936. The van der Waals surface area contributed by atoms with Crippen molar-refractivity contribution >= 4 is 0 Å². The zero-order valence-electron chi connectivity index (χ0n) is 8.51. The van der Waals surface area contributed by atoms with Gasteiger partial charge in [0.05, 0.1) is 0 Å². The Kier molecular flexibility index (Phi) is 4.69. The van der Waals surface area contributed by atoms with Crippen molar-refractivity contribution in [1.29, 1.82) is 0 Å². The van der Waals surface area contributed by atoms with Gasteiger partial charge in [-0.25, -0.2) is 0 Å². The standard InChI is InChI=1S/C12H10O2.Na/c13-11-8-4-5-9-12(11)14-10-6-2-1-3-7-10;/h1-9,13H;/q;+1/p-1. The first-order chi connectivity index (χ1) is 6.86. The van der Waals surface area contributed by atoms with Crippen LogP contribution in [0.5, 0.6) is 17.2 Å². The van der Waals surface area contributed by atoms with Crippen molar-refractivity contribution < 1.29 is 39.4 Å². The van der Waals surface area contributed by atoms with E-state index >= 15 is 0 Å². The first kappa shape index (κ1) is 12.1. The van der Waals surface area contributed by atoms with Gasteiger partial charge in [0.25, 0.3) is 0 Å². The molecule has 0 atom stereocenters. The molecule has 0 N–H and O–H groups in total. The van der Waals surface area contributed by atoms with E-state index in [9.17, 15) is 5.11 Å². The van der Waals surface area contributed by atoms with Gasteiger partial charge in [-0.2, -0.15) is 0 Å². The second-order valence-corrected chi connectivity index (χ2v) is 2.86. The van der Waals surface area contributed by atoms with Crippen LogP contribution in [0.25, 0.3) is 0 Å². The van der Waals surface area contributed by atoms with Gasteiger partial charge in [0.15, 0.2) is 0 Å². The summed E-state index contributed by atoms with van der Waals surface area (Å²) in [6, 6.07) is 15.9.